The van der Waals surface area contributed by atoms with Crippen LogP contribution >= 0.6 is 11.8 Å². The molecule has 0 aliphatic heterocycles. The Morgan fingerprint density at radius 1 is 1.00 bits per heavy atom. The lowest BCUT2D eigenvalue weighted by Gasteiger charge is -2.13. The van der Waals surface area contributed by atoms with Crippen LogP contribution in [0.25, 0.3) is 0 Å². The Morgan fingerprint density at radius 3 is 2.15 bits per heavy atom. The summed E-state index contributed by atoms with van der Waals surface area (Å²) in [6.07, 6.45) is 1.12. The zero-order valence-corrected chi connectivity index (χ0v) is 15.9. The van der Waals surface area contributed by atoms with Gasteiger partial charge in [-0.25, -0.2) is 9.59 Å². The summed E-state index contributed by atoms with van der Waals surface area (Å²) in [6, 6.07) is 17.3. The zero-order valence-electron chi connectivity index (χ0n) is 15.0. The summed E-state index contributed by atoms with van der Waals surface area (Å²) in [7, 11) is 4.21. The standard InChI is InChI=1S/C16H19NS.C4H4O4/c1-13-7-6-9-15(11-13)18-16-10-5-4-8-14(16)12-17(2)3;5-3(6)1-2-4(7)8/h4-11H,12H2,1-3H3;1-2H,(H,5,6)(H,7,8). The van der Waals surface area contributed by atoms with Gasteiger partial charge in [-0.2, -0.15) is 0 Å². The molecule has 0 atom stereocenters. The Bertz CT molecular complexity index is 756. The number of aliphatic carboxylic acids is 2. The number of carboxylic acid groups (broad SMARTS) is 2. The first-order chi connectivity index (χ1) is 12.3. The highest BCUT2D eigenvalue weighted by Gasteiger charge is 2.05. The second-order valence-electron chi connectivity index (χ2n) is 5.77. The summed E-state index contributed by atoms with van der Waals surface area (Å²) in [5.41, 5.74) is 2.69. The summed E-state index contributed by atoms with van der Waals surface area (Å²) >= 11 is 1.84. The predicted octanol–water partition coefficient (Wildman–Crippen LogP) is 3.92. The summed E-state index contributed by atoms with van der Waals surface area (Å²) in [5, 5.41) is 15.6. The number of nitrogens with zero attached hydrogens (tertiary/aromatic N) is 1. The minimum atomic E-state index is -1.26. The second-order valence-corrected chi connectivity index (χ2v) is 6.89. The van der Waals surface area contributed by atoms with Crippen molar-refractivity contribution in [2.24, 2.45) is 0 Å². The van der Waals surface area contributed by atoms with Crippen molar-refractivity contribution in [3.63, 3.8) is 0 Å². The fourth-order valence-electron chi connectivity index (χ4n) is 2.02. The van der Waals surface area contributed by atoms with Crippen LogP contribution in [-0.2, 0) is 16.1 Å². The lowest BCUT2D eigenvalue weighted by atomic mass is 10.2. The Hall–Kier alpha value is -2.57. The van der Waals surface area contributed by atoms with Gasteiger partial charge in [0.05, 0.1) is 0 Å². The average Bonchev–Trinajstić information content (AvgIpc) is 2.55. The van der Waals surface area contributed by atoms with E-state index >= 15 is 0 Å². The van der Waals surface area contributed by atoms with Gasteiger partial charge in [0, 0.05) is 28.5 Å². The molecule has 0 saturated heterocycles. The molecule has 5 nitrogen and oxygen atoms in total. The minimum absolute atomic E-state index is 0.558. The van der Waals surface area contributed by atoms with Gasteiger partial charge in [-0.15, -0.1) is 0 Å². The number of carbonyl (C=O) groups is 2. The molecule has 2 aromatic rings. The smallest absolute Gasteiger partial charge is 0.328 e. The lowest BCUT2D eigenvalue weighted by molar-refractivity contribution is -0.134. The molecule has 6 heteroatoms. The fourth-order valence-corrected chi connectivity index (χ4v) is 3.08. The third kappa shape index (κ3) is 9.05. The first kappa shape index (κ1) is 21.5. The van der Waals surface area contributed by atoms with Crippen LogP contribution in [0.4, 0.5) is 0 Å². The van der Waals surface area contributed by atoms with Crippen molar-refractivity contribution in [2.75, 3.05) is 14.1 Å². The SMILES string of the molecule is Cc1cccc(Sc2ccccc2CN(C)C)c1.O=C(O)C=CC(=O)O. The van der Waals surface area contributed by atoms with Gasteiger partial charge in [0.2, 0.25) is 0 Å². The summed E-state index contributed by atoms with van der Waals surface area (Å²) in [6.45, 7) is 3.12. The van der Waals surface area contributed by atoms with Crippen molar-refractivity contribution in [3.05, 3.63) is 71.8 Å². The maximum Gasteiger partial charge on any atom is 0.328 e. The first-order valence-corrected chi connectivity index (χ1v) is 8.70. The fraction of sp³-hybridized carbons (Fsp3) is 0.200. The summed E-state index contributed by atoms with van der Waals surface area (Å²) < 4.78 is 0. The molecule has 0 aromatic heterocycles. The molecular weight excluding hydrogens is 350 g/mol. The van der Waals surface area contributed by atoms with Gasteiger partial charge >= 0.3 is 11.9 Å². The van der Waals surface area contributed by atoms with Gasteiger partial charge in [0.15, 0.2) is 0 Å². The van der Waals surface area contributed by atoms with E-state index in [-0.39, 0.29) is 0 Å². The van der Waals surface area contributed by atoms with E-state index in [2.05, 4.69) is 74.4 Å². The first-order valence-electron chi connectivity index (χ1n) is 7.89. The number of hydrogen-bond donors (Lipinski definition) is 2. The largest absolute Gasteiger partial charge is 0.478 e. The third-order valence-electron chi connectivity index (χ3n) is 3.05. The zero-order chi connectivity index (χ0) is 19.5. The molecule has 0 aliphatic carbocycles. The van der Waals surface area contributed by atoms with Crippen molar-refractivity contribution < 1.29 is 19.8 Å². The number of benzene rings is 2. The second kappa shape index (κ2) is 11.1. The van der Waals surface area contributed by atoms with Gasteiger partial charge in [0.1, 0.15) is 0 Å². The summed E-state index contributed by atoms with van der Waals surface area (Å²) in [4.78, 5) is 24.0. The number of hydrogen-bond acceptors (Lipinski definition) is 4. The minimum Gasteiger partial charge on any atom is -0.478 e. The average molecular weight is 373 g/mol. The van der Waals surface area contributed by atoms with E-state index in [4.69, 9.17) is 10.2 Å². The summed E-state index contributed by atoms with van der Waals surface area (Å²) in [5.74, 6) is -2.51. The molecule has 0 saturated carbocycles. The van der Waals surface area contributed by atoms with E-state index in [1.165, 1.54) is 20.9 Å². The van der Waals surface area contributed by atoms with Gasteiger partial charge in [-0.3, -0.25) is 0 Å². The predicted molar refractivity (Wildman–Crippen MR) is 104 cm³/mol. The van der Waals surface area contributed by atoms with Crippen molar-refractivity contribution in [2.45, 2.75) is 23.3 Å². The van der Waals surface area contributed by atoms with Crippen molar-refractivity contribution in [3.8, 4) is 0 Å². The molecule has 2 rings (SSSR count). The molecule has 0 aliphatic rings. The quantitative estimate of drug-likeness (QED) is 0.747. The molecule has 138 valence electrons. The molecule has 0 amide bonds. The Labute approximate surface area is 158 Å². The van der Waals surface area contributed by atoms with Crippen molar-refractivity contribution in [1.29, 1.82) is 0 Å². The van der Waals surface area contributed by atoms with Gasteiger partial charge in [0.25, 0.3) is 0 Å². The molecule has 0 fully saturated rings. The van der Waals surface area contributed by atoms with Crippen LogP contribution in [0.1, 0.15) is 11.1 Å². The molecule has 0 spiro atoms. The number of rotatable bonds is 6. The van der Waals surface area contributed by atoms with E-state index in [1.807, 2.05) is 11.8 Å². The van der Waals surface area contributed by atoms with Gasteiger partial charge < -0.3 is 15.1 Å². The highest BCUT2D eigenvalue weighted by atomic mass is 32.2. The maximum absolute atomic E-state index is 9.55. The van der Waals surface area contributed by atoms with Crippen LogP contribution in [0, 0.1) is 6.92 Å². The normalized spacial score (nSPS) is 10.5. The van der Waals surface area contributed by atoms with E-state index in [1.54, 1.807) is 0 Å². The maximum atomic E-state index is 9.55. The third-order valence-corrected chi connectivity index (χ3v) is 4.15. The van der Waals surface area contributed by atoms with Crippen LogP contribution < -0.4 is 0 Å². The Balaban J connectivity index is 0.000000359. The number of carboxylic acids is 2. The molecule has 26 heavy (non-hydrogen) atoms. The molecule has 2 aromatic carbocycles. The molecular formula is C20H23NO4S. The topological polar surface area (TPSA) is 77.8 Å². The lowest BCUT2D eigenvalue weighted by Crippen LogP contribution is -2.11. The van der Waals surface area contributed by atoms with Gasteiger partial charge in [-0.1, -0.05) is 47.7 Å². The molecule has 0 unspecified atom stereocenters. The van der Waals surface area contributed by atoms with Gasteiger partial charge in [-0.05, 0) is 44.8 Å². The number of aryl methyl sites for hydroxylation is 1. The van der Waals surface area contributed by atoms with Crippen LogP contribution in [0.3, 0.4) is 0 Å². The Kier molecular flexibility index (Phi) is 9.19. The van der Waals surface area contributed by atoms with Crippen LogP contribution in [0.15, 0.2) is 70.5 Å². The molecule has 2 N–H and O–H groups in total. The van der Waals surface area contributed by atoms with Crippen LogP contribution in [0.2, 0.25) is 0 Å². The van der Waals surface area contributed by atoms with E-state index in [0.29, 0.717) is 12.2 Å². The monoisotopic (exact) mass is 373 g/mol. The molecule has 0 heterocycles. The highest BCUT2D eigenvalue weighted by Crippen LogP contribution is 2.31. The van der Waals surface area contributed by atoms with E-state index in [0.717, 1.165) is 6.54 Å². The highest BCUT2D eigenvalue weighted by molar-refractivity contribution is 7.99. The van der Waals surface area contributed by atoms with Crippen molar-refractivity contribution in [1.82, 2.24) is 4.90 Å². The van der Waals surface area contributed by atoms with E-state index in [9.17, 15) is 9.59 Å². The van der Waals surface area contributed by atoms with Crippen molar-refractivity contribution >= 4 is 23.7 Å². The Morgan fingerprint density at radius 2 is 1.62 bits per heavy atom. The van der Waals surface area contributed by atoms with Crippen LogP contribution in [0.5, 0.6) is 0 Å². The van der Waals surface area contributed by atoms with Crippen LogP contribution in [-0.4, -0.2) is 41.1 Å². The molecule has 0 bridgehead atoms. The molecule has 0 radical (unpaired) electrons. The van der Waals surface area contributed by atoms with E-state index < -0.39 is 11.9 Å².